The lowest BCUT2D eigenvalue weighted by atomic mass is 10.0. The molecule has 0 N–H and O–H groups in total. The van der Waals surface area contributed by atoms with Crippen molar-refractivity contribution >= 4 is 11.4 Å². The van der Waals surface area contributed by atoms with Crippen molar-refractivity contribution in [3.63, 3.8) is 0 Å². The molecule has 0 aliphatic carbocycles. The molecular weight excluding hydrogens is 252 g/mol. The molecule has 0 unspecified atom stereocenters. The Labute approximate surface area is 118 Å². The quantitative estimate of drug-likeness (QED) is 0.485. The molecular formula is C16H16N2O2. The van der Waals surface area contributed by atoms with E-state index in [1.54, 1.807) is 29.2 Å². The highest BCUT2D eigenvalue weighted by molar-refractivity contribution is 5.85. The summed E-state index contributed by atoms with van der Waals surface area (Å²) in [6, 6.07) is 18.4. The van der Waals surface area contributed by atoms with E-state index in [1.807, 2.05) is 50.5 Å². The van der Waals surface area contributed by atoms with Gasteiger partial charge in [-0.1, -0.05) is 48.5 Å². The number of rotatable bonds is 4. The van der Waals surface area contributed by atoms with Gasteiger partial charge in [-0.05, 0) is 12.1 Å². The van der Waals surface area contributed by atoms with Crippen LogP contribution in [-0.2, 0) is 0 Å². The molecule has 0 radical (unpaired) electrons. The lowest BCUT2D eigenvalue weighted by Crippen LogP contribution is -2.15. The summed E-state index contributed by atoms with van der Waals surface area (Å²) in [6.07, 6.45) is 0. The van der Waals surface area contributed by atoms with Gasteiger partial charge in [0.25, 0.3) is 5.70 Å². The van der Waals surface area contributed by atoms with E-state index in [4.69, 9.17) is 0 Å². The van der Waals surface area contributed by atoms with Crippen molar-refractivity contribution < 1.29 is 4.92 Å². The third-order valence-corrected chi connectivity index (χ3v) is 2.95. The Morgan fingerprint density at radius 1 is 0.900 bits per heavy atom. The van der Waals surface area contributed by atoms with Gasteiger partial charge >= 0.3 is 0 Å². The molecule has 0 spiro atoms. The van der Waals surface area contributed by atoms with Gasteiger partial charge in [0.1, 0.15) is 5.70 Å². The summed E-state index contributed by atoms with van der Waals surface area (Å²) >= 11 is 0. The standard InChI is InChI=1S/C16H16N2O2/c1-17(2)15(13-9-5-3-6-10-13)16(18(19)20)14-11-7-4-8-12-14/h3-12H,1-2H3/b16-15+. The van der Waals surface area contributed by atoms with E-state index < -0.39 is 0 Å². The van der Waals surface area contributed by atoms with Gasteiger partial charge in [0, 0.05) is 19.7 Å². The summed E-state index contributed by atoms with van der Waals surface area (Å²) < 4.78 is 0. The Morgan fingerprint density at radius 2 is 1.35 bits per heavy atom. The normalized spacial score (nSPS) is 11.7. The van der Waals surface area contributed by atoms with Crippen molar-refractivity contribution in [1.82, 2.24) is 4.90 Å². The highest BCUT2D eigenvalue weighted by Crippen LogP contribution is 2.28. The molecule has 2 aromatic carbocycles. The molecule has 20 heavy (non-hydrogen) atoms. The third-order valence-electron chi connectivity index (χ3n) is 2.95. The van der Waals surface area contributed by atoms with Crippen molar-refractivity contribution in [2.75, 3.05) is 14.1 Å². The van der Waals surface area contributed by atoms with Crippen molar-refractivity contribution in [2.45, 2.75) is 0 Å². The van der Waals surface area contributed by atoms with Crippen LogP contribution in [0, 0.1) is 10.1 Å². The molecule has 0 bridgehead atoms. The van der Waals surface area contributed by atoms with Gasteiger partial charge in [-0.2, -0.15) is 0 Å². The number of benzene rings is 2. The van der Waals surface area contributed by atoms with Crippen molar-refractivity contribution in [3.05, 3.63) is 81.9 Å². The summed E-state index contributed by atoms with van der Waals surface area (Å²) in [5.41, 5.74) is 2.14. The molecule has 0 amide bonds. The van der Waals surface area contributed by atoms with Gasteiger partial charge < -0.3 is 4.90 Å². The van der Waals surface area contributed by atoms with Crippen LogP contribution in [0.1, 0.15) is 11.1 Å². The first-order valence-electron chi connectivity index (χ1n) is 6.28. The second-order valence-corrected chi connectivity index (χ2v) is 4.58. The molecule has 2 rings (SSSR count). The topological polar surface area (TPSA) is 46.4 Å². The predicted molar refractivity (Wildman–Crippen MR) is 80.4 cm³/mol. The van der Waals surface area contributed by atoms with E-state index in [9.17, 15) is 10.1 Å². The summed E-state index contributed by atoms with van der Waals surface area (Å²) in [5.74, 6) is 0. The van der Waals surface area contributed by atoms with Gasteiger partial charge in [0.2, 0.25) is 0 Å². The Hall–Kier alpha value is -2.62. The highest BCUT2D eigenvalue weighted by Gasteiger charge is 2.23. The molecule has 0 atom stereocenters. The molecule has 0 aliphatic heterocycles. The van der Waals surface area contributed by atoms with Crippen molar-refractivity contribution in [1.29, 1.82) is 0 Å². The maximum absolute atomic E-state index is 11.5. The van der Waals surface area contributed by atoms with Gasteiger partial charge in [-0.15, -0.1) is 0 Å². The summed E-state index contributed by atoms with van der Waals surface area (Å²) in [4.78, 5) is 13.0. The van der Waals surface area contributed by atoms with Crippen LogP contribution in [0.5, 0.6) is 0 Å². The van der Waals surface area contributed by atoms with Gasteiger partial charge in [0.15, 0.2) is 0 Å². The SMILES string of the molecule is CN(C)/C(=C(\c1ccccc1)[N+](=O)[O-])c1ccccc1. The Bertz CT molecular complexity index is 619. The average Bonchev–Trinajstić information content (AvgIpc) is 2.45. The largest absolute Gasteiger partial charge is 0.372 e. The molecule has 0 saturated carbocycles. The van der Waals surface area contributed by atoms with Crippen molar-refractivity contribution in [3.8, 4) is 0 Å². The van der Waals surface area contributed by atoms with Gasteiger partial charge in [-0.3, -0.25) is 10.1 Å². The van der Waals surface area contributed by atoms with Gasteiger partial charge in [-0.25, -0.2) is 0 Å². The molecule has 2 aromatic rings. The molecule has 0 aromatic heterocycles. The number of hydrogen-bond donors (Lipinski definition) is 0. The second-order valence-electron chi connectivity index (χ2n) is 4.58. The van der Waals surface area contributed by atoms with Crippen molar-refractivity contribution in [2.24, 2.45) is 0 Å². The molecule has 4 nitrogen and oxygen atoms in total. The molecule has 0 fully saturated rings. The molecule has 0 heterocycles. The lowest BCUT2D eigenvalue weighted by molar-refractivity contribution is -0.375. The van der Waals surface area contributed by atoms with Crippen LogP contribution in [-0.4, -0.2) is 23.9 Å². The van der Waals surface area contributed by atoms with Crippen LogP contribution < -0.4 is 0 Å². The van der Waals surface area contributed by atoms with Gasteiger partial charge in [0.05, 0.1) is 10.5 Å². The zero-order chi connectivity index (χ0) is 14.5. The van der Waals surface area contributed by atoms with Crippen LogP contribution in [0.4, 0.5) is 0 Å². The first-order valence-corrected chi connectivity index (χ1v) is 6.28. The first-order chi connectivity index (χ1) is 9.61. The minimum atomic E-state index is -0.322. The lowest BCUT2D eigenvalue weighted by Gasteiger charge is -2.18. The van der Waals surface area contributed by atoms with E-state index in [1.165, 1.54) is 0 Å². The van der Waals surface area contributed by atoms with Crippen LogP contribution in [0.2, 0.25) is 0 Å². The number of nitro groups is 1. The van der Waals surface area contributed by atoms with E-state index in [-0.39, 0.29) is 10.6 Å². The van der Waals surface area contributed by atoms with E-state index in [2.05, 4.69) is 0 Å². The Kier molecular flexibility index (Phi) is 4.15. The van der Waals surface area contributed by atoms with Crippen LogP contribution in [0.25, 0.3) is 11.4 Å². The zero-order valence-electron chi connectivity index (χ0n) is 11.5. The molecule has 102 valence electrons. The van der Waals surface area contributed by atoms with Crippen LogP contribution >= 0.6 is 0 Å². The first kappa shape index (κ1) is 13.8. The maximum atomic E-state index is 11.5. The summed E-state index contributed by atoms with van der Waals surface area (Å²) in [7, 11) is 3.63. The second kappa shape index (κ2) is 6.02. The third kappa shape index (κ3) is 2.85. The maximum Gasteiger partial charge on any atom is 0.300 e. The minimum absolute atomic E-state index is 0.113. The summed E-state index contributed by atoms with van der Waals surface area (Å²) in [5, 5.41) is 11.5. The fourth-order valence-corrected chi connectivity index (χ4v) is 2.13. The Morgan fingerprint density at radius 3 is 1.75 bits per heavy atom. The molecule has 0 saturated heterocycles. The number of nitrogens with zero attached hydrogens (tertiary/aromatic N) is 2. The predicted octanol–water partition coefficient (Wildman–Crippen LogP) is 3.35. The smallest absolute Gasteiger partial charge is 0.300 e. The fourth-order valence-electron chi connectivity index (χ4n) is 2.13. The van der Waals surface area contributed by atoms with Crippen LogP contribution in [0.3, 0.4) is 0 Å². The monoisotopic (exact) mass is 268 g/mol. The minimum Gasteiger partial charge on any atom is -0.372 e. The average molecular weight is 268 g/mol. The molecule has 4 heteroatoms. The fraction of sp³-hybridized carbons (Fsp3) is 0.125. The van der Waals surface area contributed by atoms with E-state index in [0.717, 1.165) is 5.56 Å². The summed E-state index contributed by atoms with van der Waals surface area (Å²) in [6.45, 7) is 0. The molecule has 0 aliphatic rings. The Balaban J connectivity index is 2.71. The van der Waals surface area contributed by atoms with E-state index >= 15 is 0 Å². The zero-order valence-corrected chi connectivity index (χ0v) is 11.5. The highest BCUT2D eigenvalue weighted by atomic mass is 16.6. The number of hydrogen-bond acceptors (Lipinski definition) is 3. The van der Waals surface area contributed by atoms with Crippen LogP contribution in [0.15, 0.2) is 60.7 Å². The van der Waals surface area contributed by atoms with E-state index in [0.29, 0.717) is 11.3 Å².